The fraction of sp³-hybridized carbons (Fsp3) is 0.321. The van der Waals surface area contributed by atoms with Crippen LogP contribution in [0, 0.1) is 23.7 Å². The SMILES string of the molecule is C#CC1=CN(C2(C)CCN(c3ccc(-c4cc(OCC)cn5ncc(C#N)c45)cn3)CC2)CC=C1. The number of rotatable bonds is 5. The van der Waals surface area contributed by atoms with Crippen LogP contribution in [-0.2, 0) is 0 Å². The van der Waals surface area contributed by atoms with Gasteiger partial charge in [0.05, 0.1) is 30.1 Å². The van der Waals surface area contributed by atoms with Crippen molar-refractivity contribution in [2.24, 2.45) is 0 Å². The Labute approximate surface area is 205 Å². The molecule has 0 radical (unpaired) electrons. The number of terminal acetylenes is 1. The van der Waals surface area contributed by atoms with Crippen LogP contribution in [0.1, 0.15) is 32.3 Å². The zero-order valence-corrected chi connectivity index (χ0v) is 20.1. The van der Waals surface area contributed by atoms with Crippen LogP contribution in [0.25, 0.3) is 16.6 Å². The van der Waals surface area contributed by atoms with E-state index in [0.29, 0.717) is 17.9 Å². The van der Waals surface area contributed by atoms with Crippen molar-refractivity contribution < 1.29 is 4.74 Å². The summed E-state index contributed by atoms with van der Waals surface area (Å²) >= 11 is 0. The van der Waals surface area contributed by atoms with Gasteiger partial charge in [0.25, 0.3) is 0 Å². The molecule has 0 N–H and O–H groups in total. The largest absolute Gasteiger partial charge is 0.492 e. The molecular weight excluding hydrogens is 436 g/mol. The molecule has 0 aromatic carbocycles. The molecule has 0 aliphatic carbocycles. The number of hydrogen-bond acceptors (Lipinski definition) is 6. The zero-order valence-electron chi connectivity index (χ0n) is 20.1. The molecule has 0 spiro atoms. The average Bonchev–Trinajstić information content (AvgIpc) is 3.32. The Morgan fingerprint density at radius 1 is 1.23 bits per heavy atom. The first-order valence-corrected chi connectivity index (χ1v) is 11.9. The van der Waals surface area contributed by atoms with E-state index in [-0.39, 0.29) is 5.54 Å². The van der Waals surface area contributed by atoms with E-state index in [2.05, 4.69) is 58.2 Å². The number of nitrogens with zero attached hydrogens (tertiary/aromatic N) is 6. The number of anilines is 1. The van der Waals surface area contributed by atoms with Crippen LogP contribution < -0.4 is 9.64 Å². The van der Waals surface area contributed by atoms with Gasteiger partial charge in [-0.2, -0.15) is 10.4 Å². The maximum atomic E-state index is 9.57. The van der Waals surface area contributed by atoms with E-state index in [4.69, 9.17) is 16.1 Å². The third-order valence-electron chi connectivity index (χ3n) is 7.00. The number of allylic oxidation sites excluding steroid dienone is 2. The van der Waals surface area contributed by atoms with Gasteiger partial charge < -0.3 is 14.5 Å². The number of aromatic nitrogens is 3. The van der Waals surface area contributed by atoms with Gasteiger partial charge in [-0.25, -0.2) is 9.50 Å². The van der Waals surface area contributed by atoms with E-state index in [1.54, 1.807) is 16.9 Å². The molecule has 0 bridgehead atoms. The van der Waals surface area contributed by atoms with Crippen LogP contribution in [0.4, 0.5) is 5.82 Å². The predicted molar refractivity (Wildman–Crippen MR) is 137 cm³/mol. The van der Waals surface area contributed by atoms with Gasteiger partial charge in [-0.05, 0) is 51.0 Å². The van der Waals surface area contributed by atoms with Crippen molar-refractivity contribution in [3.05, 3.63) is 66.3 Å². The molecule has 7 nitrogen and oxygen atoms in total. The summed E-state index contributed by atoms with van der Waals surface area (Å²) < 4.78 is 7.43. The van der Waals surface area contributed by atoms with Gasteiger partial charge in [-0.15, -0.1) is 6.42 Å². The van der Waals surface area contributed by atoms with E-state index in [0.717, 1.165) is 60.5 Å². The Balaban J connectivity index is 1.36. The van der Waals surface area contributed by atoms with Crippen molar-refractivity contribution >= 4 is 11.3 Å². The minimum atomic E-state index is 0.0737. The Hall–Kier alpha value is -4.23. The molecule has 0 atom stereocenters. The lowest BCUT2D eigenvalue weighted by atomic mass is 9.87. The summed E-state index contributed by atoms with van der Waals surface area (Å²) in [4.78, 5) is 9.51. The smallest absolute Gasteiger partial charge is 0.138 e. The highest BCUT2D eigenvalue weighted by Crippen LogP contribution is 2.34. The lowest BCUT2D eigenvalue weighted by Gasteiger charge is -2.47. The fourth-order valence-electron chi connectivity index (χ4n) is 4.90. The minimum absolute atomic E-state index is 0.0737. The standard InChI is InChI=1S/C28H28N6O/c1-4-21-7-6-12-33(19-21)28(3)10-13-32(14-11-28)26-9-8-22(17-30-26)25-15-24(35-5-2)20-34-27(25)23(16-29)18-31-34/h1,6-9,15,17-20H,5,10-14H2,2-3H3. The molecule has 176 valence electrons. The molecule has 2 aliphatic rings. The van der Waals surface area contributed by atoms with Crippen molar-refractivity contribution in [2.75, 3.05) is 31.1 Å². The number of pyridine rings is 2. The van der Waals surface area contributed by atoms with E-state index >= 15 is 0 Å². The maximum Gasteiger partial charge on any atom is 0.138 e. The monoisotopic (exact) mass is 464 g/mol. The second kappa shape index (κ2) is 9.19. The van der Waals surface area contributed by atoms with E-state index in [1.807, 2.05) is 25.3 Å². The van der Waals surface area contributed by atoms with E-state index < -0.39 is 0 Å². The fourth-order valence-corrected chi connectivity index (χ4v) is 4.90. The quantitative estimate of drug-likeness (QED) is 0.521. The van der Waals surface area contributed by atoms with Gasteiger partial charge in [0.2, 0.25) is 0 Å². The highest BCUT2D eigenvalue weighted by Gasteiger charge is 2.35. The van der Waals surface area contributed by atoms with Gasteiger partial charge in [0, 0.05) is 54.3 Å². The Bertz CT molecular complexity index is 1380. The molecule has 1 fully saturated rings. The van der Waals surface area contributed by atoms with Crippen LogP contribution >= 0.6 is 0 Å². The first-order valence-electron chi connectivity index (χ1n) is 11.9. The zero-order chi connectivity index (χ0) is 24.4. The highest BCUT2D eigenvalue weighted by atomic mass is 16.5. The molecule has 7 heteroatoms. The molecule has 3 aromatic rings. The van der Waals surface area contributed by atoms with Crippen molar-refractivity contribution in [2.45, 2.75) is 32.2 Å². The highest BCUT2D eigenvalue weighted by molar-refractivity contribution is 5.85. The number of piperidine rings is 1. The summed E-state index contributed by atoms with van der Waals surface area (Å²) in [5.74, 6) is 4.42. The first kappa shape index (κ1) is 22.6. The molecule has 5 heterocycles. The molecule has 0 unspecified atom stereocenters. The van der Waals surface area contributed by atoms with Gasteiger partial charge in [0.1, 0.15) is 17.6 Å². The number of ether oxygens (including phenoxy) is 1. The molecule has 3 aromatic heterocycles. The van der Waals surface area contributed by atoms with Gasteiger partial charge in [-0.3, -0.25) is 0 Å². The van der Waals surface area contributed by atoms with Crippen LogP contribution in [0.5, 0.6) is 5.75 Å². The Morgan fingerprint density at radius 3 is 2.74 bits per heavy atom. The van der Waals surface area contributed by atoms with Gasteiger partial charge in [0.15, 0.2) is 0 Å². The molecule has 1 saturated heterocycles. The first-order chi connectivity index (χ1) is 17.0. The molecule has 35 heavy (non-hydrogen) atoms. The van der Waals surface area contributed by atoms with Crippen LogP contribution in [0.15, 0.2) is 60.7 Å². The molecule has 0 saturated carbocycles. The van der Waals surface area contributed by atoms with Crippen LogP contribution in [0.3, 0.4) is 0 Å². The van der Waals surface area contributed by atoms with Crippen molar-refractivity contribution in [3.8, 4) is 35.3 Å². The third kappa shape index (κ3) is 4.22. The molecular formula is C28H28N6O. The van der Waals surface area contributed by atoms with Crippen molar-refractivity contribution in [1.82, 2.24) is 19.5 Å². The molecule has 5 rings (SSSR count). The lowest BCUT2D eigenvalue weighted by molar-refractivity contribution is 0.141. The third-order valence-corrected chi connectivity index (χ3v) is 7.00. The minimum Gasteiger partial charge on any atom is -0.492 e. The maximum absolute atomic E-state index is 9.57. The van der Waals surface area contributed by atoms with Crippen molar-refractivity contribution in [3.63, 3.8) is 0 Å². The summed E-state index contributed by atoms with van der Waals surface area (Å²) in [7, 11) is 0. The second-order valence-electron chi connectivity index (χ2n) is 9.16. The Kier molecular flexibility index (Phi) is 5.93. The predicted octanol–water partition coefficient (Wildman–Crippen LogP) is 4.41. The van der Waals surface area contributed by atoms with E-state index in [1.165, 1.54) is 0 Å². The second-order valence-corrected chi connectivity index (χ2v) is 9.16. The molecule has 0 amide bonds. The summed E-state index contributed by atoms with van der Waals surface area (Å²) in [6.07, 6.45) is 19.2. The van der Waals surface area contributed by atoms with Crippen LogP contribution in [0.2, 0.25) is 0 Å². The number of fused-ring (bicyclic) bond motifs is 1. The summed E-state index contributed by atoms with van der Waals surface area (Å²) in [5, 5.41) is 13.9. The number of nitriles is 1. The number of hydrogen-bond donors (Lipinski definition) is 0. The topological polar surface area (TPSA) is 69.7 Å². The summed E-state index contributed by atoms with van der Waals surface area (Å²) in [6.45, 7) is 7.56. The average molecular weight is 465 g/mol. The van der Waals surface area contributed by atoms with Gasteiger partial charge >= 0.3 is 0 Å². The van der Waals surface area contributed by atoms with E-state index in [9.17, 15) is 5.26 Å². The normalized spacial score (nSPS) is 17.1. The Morgan fingerprint density at radius 2 is 2.06 bits per heavy atom. The lowest BCUT2D eigenvalue weighted by Crippen LogP contribution is -2.52. The molecule has 2 aliphatic heterocycles. The van der Waals surface area contributed by atoms with Crippen LogP contribution in [-0.4, -0.2) is 51.3 Å². The summed E-state index contributed by atoms with van der Waals surface area (Å²) in [5.41, 5.74) is 4.09. The summed E-state index contributed by atoms with van der Waals surface area (Å²) in [6, 6.07) is 8.32. The van der Waals surface area contributed by atoms with Gasteiger partial charge in [-0.1, -0.05) is 12.0 Å². The van der Waals surface area contributed by atoms with Crippen molar-refractivity contribution in [1.29, 1.82) is 5.26 Å².